The predicted molar refractivity (Wildman–Crippen MR) is 90.0 cm³/mol. The van der Waals surface area contributed by atoms with Crippen molar-refractivity contribution in [2.24, 2.45) is 11.8 Å². The Morgan fingerprint density at radius 1 is 1.38 bits per heavy atom. The molecular weight excluding hydrogens is 332 g/mol. The summed E-state index contributed by atoms with van der Waals surface area (Å²) < 4.78 is 5.13. The van der Waals surface area contributed by atoms with Gasteiger partial charge in [-0.2, -0.15) is 0 Å². The molecule has 2 rings (SSSR count). The SMILES string of the molecule is C[C@@H]1[C@@H](C)CCC[C@H]1NC(=O)[C@@H](C)OC(=O)c1ccc([N+](=O)[O-])s1. The molecule has 132 valence electrons. The minimum absolute atomic E-state index is 0.0882. The van der Waals surface area contributed by atoms with Crippen molar-refractivity contribution in [3.63, 3.8) is 0 Å². The Morgan fingerprint density at radius 3 is 2.71 bits per heavy atom. The van der Waals surface area contributed by atoms with E-state index in [0.29, 0.717) is 11.8 Å². The highest BCUT2D eigenvalue weighted by molar-refractivity contribution is 7.17. The normalized spacial score (nSPS) is 24.9. The molecule has 8 heteroatoms. The molecule has 0 bridgehead atoms. The van der Waals surface area contributed by atoms with Gasteiger partial charge in [0.1, 0.15) is 4.88 Å². The van der Waals surface area contributed by atoms with Crippen LogP contribution in [0.4, 0.5) is 5.00 Å². The number of amides is 1. The van der Waals surface area contributed by atoms with Crippen LogP contribution in [0.25, 0.3) is 0 Å². The van der Waals surface area contributed by atoms with Gasteiger partial charge in [-0.25, -0.2) is 4.79 Å². The van der Waals surface area contributed by atoms with Gasteiger partial charge >= 0.3 is 11.0 Å². The molecule has 0 radical (unpaired) electrons. The fraction of sp³-hybridized carbons (Fsp3) is 0.625. The Kier molecular flexibility index (Phi) is 5.93. The summed E-state index contributed by atoms with van der Waals surface area (Å²) >= 11 is 0.734. The van der Waals surface area contributed by atoms with Crippen molar-refractivity contribution in [3.05, 3.63) is 27.1 Å². The van der Waals surface area contributed by atoms with Gasteiger partial charge < -0.3 is 10.1 Å². The molecule has 4 atom stereocenters. The maximum atomic E-state index is 12.3. The number of nitro groups is 1. The number of carbonyl (C=O) groups excluding carboxylic acids is 2. The molecule has 24 heavy (non-hydrogen) atoms. The van der Waals surface area contributed by atoms with E-state index < -0.39 is 17.0 Å². The molecule has 0 spiro atoms. The second kappa shape index (κ2) is 7.74. The summed E-state index contributed by atoms with van der Waals surface area (Å²) in [5, 5.41) is 13.5. The molecular formula is C16H22N2O5S. The monoisotopic (exact) mass is 354 g/mol. The molecule has 1 heterocycles. The number of rotatable bonds is 5. The van der Waals surface area contributed by atoms with Gasteiger partial charge in [-0.3, -0.25) is 14.9 Å². The quantitative estimate of drug-likeness (QED) is 0.497. The van der Waals surface area contributed by atoms with Crippen molar-refractivity contribution in [3.8, 4) is 0 Å². The van der Waals surface area contributed by atoms with Crippen molar-refractivity contribution >= 4 is 28.2 Å². The number of ether oxygens (including phenoxy) is 1. The van der Waals surface area contributed by atoms with E-state index >= 15 is 0 Å². The molecule has 1 fully saturated rings. The first-order valence-electron chi connectivity index (χ1n) is 8.05. The van der Waals surface area contributed by atoms with Crippen LogP contribution in [-0.4, -0.2) is 28.9 Å². The molecule has 1 N–H and O–H groups in total. The summed E-state index contributed by atoms with van der Waals surface area (Å²) in [7, 11) is 0. The molecule has 0 unspecified atom stereocenters. The molecule has 1 saturated carbocycles. The second-order valence-electron chi connectivity index (χ2n) is 6.32. The fourth-order valence-electron chi connectivity index (χ4n) is 2.89. The molecule has 1 aliphatic rings. The van der Waals surface area contributed by atoms with E-state index in [9.17, 15) is 19.7 Å². The molecule has 7 nitrogen and oxygen atoms in total. The van der Waals surface area contributed by atoms with Crippen LogP contribution in [0.5, 0.6) is 0 Å². The number of hydrogen-bond acceptors (Lipinski definition) is 6. The van der Waals surface area contributed by atoms with E-state index in [4.69, 9.17) is 4.74 Å². The van der Waals surface area contributed by atoms with Crippen LogP contribution >= 0.6 is 11.3 Å². The summed E-state index contributed by atoms with van der Waals surface area (Å²) in [6, 6.07) is 2.67. The van der Waals surface area contributed by atoms with Gasteiger partial charge in [-0.1, -0.05) is 38.0 Å². The summed E-state index contributed by atoms with van der Waals surface area (Å²) in [5.41, 5.74) is 0. The highest BCUT2D eigenvalue weighted by Crippen LogP contribution is 2.29. The maximum Gasteiger partial charge on any atom is 0.349 e. The van der Waals surface area contributed by atoms with Crippen molar-refractivity contribution in [2.75, 3.05) is 0 Å². The molecule has 1 aromatic heterocycles. The third-order valence-corrected chi connectivity index (χ3v) is 5.68. The first-order valence-corrected chi connectivity index (χ1v) is 8.86. The van der Waals surface area contributed by atoms with Crippen molar-refractivity contribution in [1.29, 1.82) is 0 Å². The average molecular weight is 354 g/mol. The predicted octanol–water partition coefficient (Wildman–Crippen LogP) is 3.14. The number of carbonyl (C=O) groups is 2. The van der Waals surface area contributed by atoms with Gasteiger partial charge in [0.25, 0.3) is 5.91 Å². The second-order valence-corrected chi connectivity index (χ2v) is 7.39. The Hall–Kier alpha value is -1.96. The Bertz CT molecular complexity index is 630. The van der Waals surface area contributed by atoms with E-state index in [0.717, 1.165) is 30.6 Å². The van der Waals surface area contributed by atoms with Gasteiger partial charge in [-0.05, 0) is 31.2 Å². The zero-order valence-corrected chi connectivity index (χ0v) is 14.8. The Morgan fingerprint density at radius 2 is 2.08 bits per heavy atom. The molecule has 1 aromatic rings. The van der Waals surface area contributed by atoms with Crippen LogP contribution in [0.1, 0.15) is 49.7 Å². The van der Waals surface area contributed by atoms with E-state index in [1.807, 2.05) is 0 Å². The van der Waals surface area contributed by atoms with Crippen molar-refractivity contribution in [2.45, 2.75) is 52.2 Å². The lowest BCUT2D eigenvalue weighted by atomic mass is 9.78. The van der Waals surface area contributed by atoms with E-state index in [1.54, 1.807) is 0 Å². The maximum absolute atomic E-state index is 12.3. The lowest BCUT2D eigenvalue weighted by Crippen LogP contribution is -2.47. The first-order chi connectivity index (χ1) is 11.3. The standard InChI is InChI=1S/C16H22N2O5S/c1-9-5-4-6-12(10(9)2)17-15(19)11(3)23-16(20)13-7-8-14(24-13)18(21)22/h7-12H,4-6H2,1-3H3,(H,17,19)/t9-,10+,11+,12+/m0/s1. The highest BCUT2D eigenvalue weighted by atomic mass is 32.1. The zero-order valence-electron chi connectivity index (χ0n) is 14.0. The van der Waals surface area contributed by atoms with Crippen LogP contribution in [0.2, 0.25) is 0 Å². The van der Waals surface area contributed by atoms with Gasteiger partial charge in [-0.15, -0.1) is 0 Å². The molecule has 0 aliphatic heterocycles. The average Bonchev–Trinajstić information content (AvgIpc) is 3.02. The van der Waals surface area contributed by atoms with Gasteiger partial charge in [0.05, 0.1) is 4.92 Å². The van der Waals surface area contributed by atoms with Crippen molar-refractivity contribution < 1.29 is 19.2 Å². The molecule has 1 amide bonds. The minimum atomic E-state index is -0.942. The number of nitrogens with zero attached hydrogens (tertiary/aromatic N) is 1. The summed E-state index contributed by atoms with van der Waals surface area (Å²) in [6.45, 7) is 5.80. The van der Waals surface area contributed by atoms with E-state index in [-0.39, 0.29) is 21.8 Å². The van der Waals surface area contributed by atoms with Crippen molar-refractivity contribution in [1.82, 2.24) is 5.32 Å². The fourth-order valence-corrected chi connectivity index (χ4v) is 3.60. The molecule has 0 saturated heterocycles. The smallest absolute Gasteiger partial charge is 0.349 e. The lowest BCUT2D eigenvalue weighted by Gasteiger charge is -2.35. The molecule has 0 aromatic carbocycles. The van der Waals surface area contributed by atoms with Gasteiger partial charge in [0.15, 0.2) is 6.10 Å². The largest absolute Gasteiger partial charge is 0.448 e. The zero-order chi connectivity index (χ0) is 17.9. The van der Waals surface area contributed by atoms with Crippen LogP contribution in [0.3, 0.4) is 0 Å². The number of nitrogens with one attached hydrogen (secondary N) is 1. The van der Waals surface area contributed by atoms with Crippen LogP contribution < -0.4 is 5.32 Å². The van der Waals surface area contributed by atoms with E-state index in [2.05, 4.69) is 19.2 Å². The third kappa shape index (κ3) is 4.31. The summed E-state index contributed by atoms with van der Waals surface area (Å²) in [6.07, 6.45) is 2.22. The van der Waals surface area contributed by atoms with Crippen LogP contribution in [0, 0.1) is 22.0 Å². The van der Waals surface area contributed by atoms with Crippen LogP contribution in [0.15, 0.2) is 12.1 Å². The lowest BCUT2D eigenvalue weighted by molar-refractivity contribution is -0.380. The van der Waals surface area contributed by atoms with E-state index in [1.165, 1.54) is 19.1 Å². The molecule has 1 aliphatic carbocycles. The van der Waals surface area contributed by atoms with Gasteiger partial charge in [0.2, 0.25) is 0 Å². The topological polar surface area (TPSA) is 98.5 Å². The number of hydrogen-bond donors (Lipinski definition) is 1. The third-order valence-electron chi connectivity index (χ3n) is 4.66. The Balaban J connectivity index is 1.90. The Labute approximate surface area is 144 Å². The van der Waals surface area contributed by atoms with Crippen LogP contribution in [-0.2, 0) is 9.53 Å². The summed E-state index contributed by atoms with van der Waals surface area (Å²) in [4.78, 5) is 34.4. The minimum Gasteiger partial charge on any atom is -0.448 e. The number of esters is 1. The van der Waals surface area contributed by atoms with Gasteiger partial charge in [0, 0.05) is 12.1 Å². The number of thiophene rings is 1. The first kappa shape index (κ1) is 18.4. The summed E-state index contributed by atoms with van der Waals surface area (Å²) in [5.74, 6) is -0.125. The highest BCUT2D eigenvalue weighted by Gasteiger charge is 2.30.